The summed E-state index contributed by atoms with van der Waals surface area (Å²) in [7, 11) is 0. The Labute approximate surface area is 77.9 Å². The molecule has 0 radical (unpaired) electrons. The van der Waals surface area contributed by atoms with E-state index in [1.807, 2.05) is 0 Å². The fourth-order valence-corrected chi connectivity index (χ4v) is 1.26. The van der Waals surface area contributed by atoms with Crippen molar-refractivity contribution in [3.63, 3.8) is 0 Å². The summed E-state index contributed by atoms with van der Waals surface area (Å²) < 4.78 is 0. The molecule has 12 heavy (non-hydrogen) atoms. The van der Waals surface area contributed by atoms with Gasteiger partial charge in [-0.3, -0.25) is 0 Å². The van der Waals surface area contributed by atoms with Crippen LogP contribution in [0.15, 0.2) is 0 Å². The zero-order chi connectivity index (χ0) is 9.40. The summed E-state index contributed by atoms with van der Waals surface area (Å²) in [6.07, 6.45) is 5.29. The SMILES string of the molecule is CCCCCN[C@H](C)[C@@H](C)CC. The number of hydrogen-bond donors (Lipinski definition) is 1. The molecule has 0 aromatic heterocycles. The summed E-state index contributed by atoms with van der Waals surface area (Å²) in [5.41, 5.74) is 0. The third-order valence-corrected chi connectivity index (χ3v) is 2.74. The van der Waals surface area contributed by atoms with Crippen LogP contribution >= 0.6 is 0 Å². The van der Waals surface area contributed by atoms with Gasteiger partial charge in [0.1, 0.15) is 0 Å². The molecular formula is C11H25N. The largest absolute Gasteiger partial charge is 0.314 e. The Morgan fingerprint density at radius 2 is 1.75 bits per heavy atom. The highest BCUT2D eigenvalue weighted by molar-refractivity contribution is 4.66. The predicted molar refractivity (Wildman–Crippen MR) is 56.4 cm³/mol. The minimum atomic E-state index is 0.687. The van der Waals surface area contributed by atoms with Crippen LogP contribution in [0.2, 0.25) is 0 Å². The molecule has 0 amide bonds. The van der Waals surface area contributed by atoms with Gasteiger partial charge < -0.3 is 5.32 Å². The van der Waals surface area contributed by atoms with E-state index >= 15 is 0 Å². The number of hydrogen-bond acceptors (Lipinski definition) is 1. The molecule has 0 aliphatic carbocycles. The molecule has 0 rings (SSSR count). The monoisotopic (exact) mass is 171 g/mol. The highest BCUT2D eigenvalue weighted by Gasteiger charge is 2.07. The van der Waals surface area contributed by atoms with Crippen LogP contribution in [-0.2, 0) is 0 Å². The van der Waals surface area contributed by atoms with Crippen molar-refractivity contribution < 1.29 is 0 Å². The van der Waals surface area contributed by atoms with Gasteiger partial charge in [0.15, 0.2) is 0 Å². The van der Waals surface area contributed by atoms with Crippen LogP contribution in [0.3, 0.4) is 0 Å². The molecule has 1 heteroatoms. The minimum absolute atomic E-state index is 0.687. The van der Waals surface area contributed by atoms with Gasteiger partial charge in [-0.15, -0.1) is 0 Å². The second-order valence-corrected chi connectivity index (χ2v) is 3.84. The highest BCUT2D eigenvalue weighted by atomic mass is 14.9. The second-order valence-electron chi connectivity index (χ2n) is 3.84. The number of unbranched alkanes of at least 4 members (excludes halogenated alkanes) is 2. The molecular weight excluding hydrogens is 146 g/mol. The quantitative estimate of drug-likeness (QED) is 0.580. The first-order chi connectivity index (χ1) is 5.72. The molecule has 0 aliphatic heterocycles. The van der Waals surface area contributed by atoms with Crippen molar-refractivity contribution >= 4 is 0 Å². The molecule has 0 aliphatic rings. The Morgan fingerprint density at radius 1 is 1.08 bits per heavy atom. The van der Waals surface area contributed by atoms with E-state index in [9.17, 15) is 0 Å². The Bertz CT molecular complexity index is 91.0. The zero-order valence-electron chi connectivity index (χ0n) is 9.19. The first-order valence-electron chi connectivity index (χ1n) is 5.45. The highest BCUT2D eigenvalue weighted by Crippen LogP contribution is 2.06. The van der Waals surface area contributed by atoms with E-state index in [0.29, 0.717) is 6.04 Å². The molecule has 0 saturated heterocycles. The standard InChI is InChI=1S/C11H25N/c1-5-7-8-9-12-11(4)10(3)6-2/h10-12H,5-9H2,1-4H3/t10-,11+/m0/s1. The van der Waals surface area contributed by atoms with E-state index in [-0.39, 0.29) is 0 Å². The summed E-state index contributed by atoms with van der Waals surface area (Å²) in [4.78, 5) is 0. The smallest absolute Gasteiger partial charge is 0.00642 e. The van der Waals surface area contributed by atoms with E-state index in [0.717, 1.165) is 5.92 Å². The van der Waals surface area contributed by atoms with Gasteiger partial charge in [-0.1, -0.05) is 40.0 Å². The van der Waals surface area contributed by atoms with Crippen LogP contribution in [0.4, 0.5) is 0 Å². The molecule has 1 nitrogen and oxygen atoms in total. The van der Waals surface area contributed by atoms with Gasteiger partial charge in [-0.2, -0.15) is 0 Å². The fourth-order valence-electron chi connectivity index (χ4n) is 1.26. The van der Waals surface area contributed by atoms with E-state index in [2.05, 4.69) is 33.0 Å². The zero-order valence-corrected chi connectivity index (χ0v) is 9.19. The van der Waals surface area contributed by atoms with Gasteiger partial charge in [0, 0.05) is 6.04 Å². The van der Waals surface area contributed by atoms with Gasteiger partial charge in [0.2, 0.25) is 0 Å². The topological polar surface area (TPSA) is 12.0 Å². The van der Waals surface area contributed by atoms with Crippen LogP contribution in [0.5, 0.6) is 0 Å². The fraction of sp³-hybridized carbons (Fsp3) is 1.00. The van der Waals surface area contributed by atoms with E-state index in [1.54, 1.807) is 0 Å². The molecule has 0 aromatic rings. The van der Waals surface area contributed by atoms with Crippen molar-refractivity contribution in [2.45, 2.75) is 59.4 Å². The molecule has 0 fully saturated rings. The van der Waals surface area contributed by atoms with Crippen molar-refractivity contribution in [2.24, 2.45) is 5.92 Å². The third kappa shape index (κ3) is 5.59. The van der Waals surface area contributed by atoms with Gasteiger partial charge in [0.25, 0.3) is 0 Å². The van der Waals surface area contributed by atoms with Crippen LogP contribution < -0.4 is 5.32 Å². The maximum Gasteiger partial charge on any atom is 0.00642 e. The molecule has 0 unspecified atom stereocenters. The van der Waals surface area contributed by atoms with Crippen molar-refractivity contribution in [1.29, 1.82) is 0 Å². The van der Waals surface area contributed by atoms with Gasteiger partial charge in [0.05, 0.1) is 0 Å². The first-order valence-corrected chi connectivity index (χ1v) is 5.45. The van der Waals surface area contributed by atoms with Crippen molar-refractivity contribution in [2.75, 3.05) is 6.54 Å². The van der Waals surface area contributed by atoms with E-state index in [1.165, 1.54) is 32.2 Å². The van der Waals surface area contributed by atoms with Crippen molar-refractivity contribution in [3.05, 3.63) is 0 Å². The maximum absolute atomic E-state index is 3.57. The van der Waals surface area contributed by atoms with Crippen LogP contribution in [-0.4, -0.2) is 12.6 Å². The lowest BCUT2D eigenvalue weighted by Gasteiger charge is -2.19. The predicted octanol–water partition coefficient (Wildman–Crippen LogP) is 3.20. The molecule has 0 aromatic carbocycles. The Hall–Kier alpha value is -0.0400. The van der Waals surface area contributed by atoms with Crippen molar-refractivity contribution in [1.82, 2.24) is 5.32 Å². The minimum Gasteiger partial charge on any atom is -0.314 e. The molecule has 74 valence electrons. The Kier molecular flexibility index (Phi) is 7.58. The summed E-state index contributed by atoms with van der Waals surface area (Å²) in [5, 5.41) is 3.57. The lowest BCUT2D eigenvalue weighted by Crippen LogP contribution is -2.32. The summed E-state index contributed by atoms with van der Waals surface area (Å²) in [6.45, 7) is 10.3. The normalized spacial score (nSPS) is 16.0. The lowest BCUT2D eigenvalue weighted by atomic mass is 10.0. The average Bonchev–Trinajstić information content (AvgIpc) is 2.10. The van der Waals surface area contributed by atoms with E-state index in [4.69, 9.17) is 0 Å². The lowest BCUT2D eigenvalue weighted by molar-refractivity contribution is 0.387. The Morgan fingerprint density at radius 3 is 2.25 bits per heavy atom. The first kappa shape index (κ1) is 12.0. The molecule has 0 bridgehead atoms. The molecule has 1 N–H and O–H groups in total. The van der Waals surface area contributed by atoms with Crippen LogP contribution in [0, 0.1) is 5.92 Å². The average molecular weight is 171 g/mol. The number of nitrogens with one attached hydrogen (secondary N) is 1. The van der Waals surface area contributed by atoms with Gasteiger partial charge >= 0.3 is 0 Å². The van der Waals surface area contributed by atoms with Gasteiger partial charge in [-0.05, 0) is 25.8 Å². The Balaban J connectivity index is 3.24. The van der Waals surface area contributed by atoms with Crippen molar-refractivity contribution in [3.8, 4) is 0 Å². The molecule has 0 saturated carbocycles. The summed E-state index contributed by atoms with van der Waals surface area (Å²) in [6, 6.07) is 0.687. The van der Waals surface area contributed by atoms with E-state index < -0.39 is 0 Å². The third-order valence-electron chi connectivity index (χ3n) is 2.74. The van der Waals surface area contributed by atoms with Crippen LogP contribution in [0.25, 0.3) is 0 Å². The second kappa shape index (κ2) is 7.60. The maximum atomic E-state index is 3.57. The van der Waals surface area contributed by atoms with Gasteiger partial charge in [-0.25, -0.2) is 0 Å². The molecule has 2 atom stereocenters. The molecule has 0 spiro atoms. The summed E-state index contributed by atoms with van der Waals surface area (Å²) >= 11 is 0. The van der Waals surface area contributed by atoms with Crippen LogP contribution in [0.1, 0.15) is 53.4 Å². The molecule has 0 heterocycles. The number of rotatable bonds is 7. The summed E-state index contributed by atoms with van der Waals surface area (Å²) in [5.74, 6) is 0.812.